The van der Waals surface area contributed by atoms with Gasteiger partial charge in [-0.25, -0.2) is 0 Å². The average molecular weight is 250 g/mol. The molecule has 0 saturated carbocycles. The van der Waals surface area contributed by atoms with Crippen LogP contribution in [0.3, 0.4) is 0 Å². The van der Waals surface area contributed by atoms with Gasteiger partial charge in [0.25, 0.3) is 0 Å². The summed E-state index contributed by atoms with van der Waals surface area (Å²) in [5.41, 5.74) is 3.26. The van der Waals surface area contributed by atoms with Crippen molar-refractivity contribution in [2.45, 2.75) is 13.0 Å². The van der Waals surface area contributed by atoms with Crippen molar-refractivity contribution in [3.05, 3.63) is 41.0 Å². The Labute approximate surface area is 106 Å². The molecule has 0 fully saturated rings. The van der Waals surface area contributed by atoms with Crippen molar-refractivity contribution < 1.29 is 0 Å². The fourth-order valence-corrected chi connectivity index (χ4v) is 2.19. The van der Waals surface area contributed by atoms with Crippen molar-refractivity contribution in [1.82, 2.24) is 15.1 Å². The Kier molecular flexibility index (Phi) is 3.50. The summed E-state index contributed by atoms with van der Waals surface area (Å²) in [6.45, 7) is 2.09. The van der Waals surface area contributed by atoms with Gasteiger partial charge >= 0.3 is 0 Å². The van der Waals surface area contributed by atoms with Crippen LogP contribution in [-0.4, -0.2) is 16.8 Å². The molecule has 2 aromatic rings. The number of hydrogen-bond donors (Lipinski definition) is 1. The monoisotopic (exact) mass is 249 g/mol. The molecule has 0 amide bonds. The normalized spacial score (nSPS) is 12.7. The number of benzene rings is 1. The van der Waals surface area contributed by atoms with E-state index in [1.54, 1.807) is 6.20 Å². The van der Waals surface area contributed by atoms with Crippen LogP contribution in [0.4, 0.5) is 0 Å². The molecule has 0 bridgehead atoms. The van der Waals surface area contributed by atoms with Gasteiger partial charge in [0, 0.05) is 29.9 Å². The molecule has 1 heterocycles. The molecule has 17 heavy (non-hydrogen) atoms. The Hall–Kier alpha value is -1.32. The third-order valence-corrected chi connectivity index (χ3v) is 3.34. The minimum Gasteiger partial charge on any atom is -0.313 e. The predicted octanol–water partition coefficient (Wildman–Crippen LogP) is 3.02. The molecule has 1 atom stereocenters. The standard InChI is InChI=1S/C13H16ClN3/c1-9(15-2)11-5-4-10(8-12(11)14)13-6-7-16-17(13)3/h4-9,15H,1-3H3. The largest absolute Gasteiger partial charge is 0.313 e. The number of nitrogens with zero attached hydrogens (tertiary/aromatic N) is 2. The molecule has 0 aliphatic heterocycles. The number of aryl methyl sites for hydroxylation is 1. The van der Waals surface area contributed by atoms with Crippen LogP contribution in [0, 0.1) is 0 Å². The Morgan fingerprint density at radius 2 is 2.12 bits per heavy atom. The van der Waals surface area contributed by atoms with Gasteiger partial charge in [0.15, 0.2) is 0 Å². The van der Waals surface area contributed by atoms with Gasteiger partial charge in [-0.1, -0.05) is 23.7 Å². The van der Waals surface area contributed by atoms with E-state index < -0.39 is 0 Å². The van der Waals surface area contributed by atoms with Crippen molar-refractivity contribution in [3.63, 3.8) is 0 Å². The van der Waals surface area contributed by atoms with Gasteiger partial charge in [0.1, 0.15) is 0 Å². The van der Waals surface area contributed by atoms with Gasteiger partial charge in [-0.05, 0) is 31.7 Å². The van der Waals surface area contributed by atoms with Crippen LogP contribution in [-0.2, 0) is 7.05 Å². The number of hydrogen-bond acceptors (Lipinski definition) is 2. The topological polar surface area (TPSA) is 29.9 Å². The minimum absolute atomic E-state index is 0.253. The Morgan fingerprint density at radius 1 is 1.35 bits per heavy atom. The van der Waals surface area contributed by atoms with Gasteiger partial charge in [-0.15, -0.1) is 0 Å². The lowest BCUT2D eigenvalue weighted by atomic mass is 10.0. The highest BCUT2D eigenvalue weighted by Gasteiger charge is 2.10. The second kappa shape index (κ2) is 4.90. The summed E-state index contributed by atoms with van der Waals surface area (Å²) in [5.74, 6) is 0. The lowest BCUT2D eigenvalue weighted by molar-refractivity contribution is 0.652. The molecular weight excluding hydrogens is 234 g/mol. The lowest BCUT2D eigenvalue weighted by Crippen LogP contribution is -2.12. The maximum Gasteiger partial charge on any atom is 0.0679 e. The zero-order valence-electron chi connectivity index (χ0n) is 10.2. The van der Waals surface area contributed by atoms with Crippen LogP contribution in [0.1, 0.15) is 18.5 Å². The van der Waals surface area contributed by atoms with Crippen LogP contribution in [0.15, 0.2) is 30.5 Å². The van der Waals surface area contributed by atoms with Crippen LogP contribution < -0.4 is 5.32 Å². The zero-order chi connectivity index (χ0) is 12.4. The maximum absolute atomic E-state index is 6.30. The second-order valence-electron chi connectivity index (χ2n) is 4.09. The molecule has 1 aromatic heterocycles. The Balaban J connectivity index is 2.41. The summed E-state index contributed by atoms with van der Waals surface area (Å²) in [6.07, 6.45) is 1.79. The van der Waals surface area contributed by atoms with E-state index in [1.165, 1.54) is 0 Å². The van der Waals surface area contributed by atoms with Gasteiger partial charge in [0.05, 0.1) is 5.69 Å². The van der Waals surface area contributed by atoms with Crippen molar-refractivity contribution in [3.8, 4) is 11.3 Å². The van der Waals surface area contributed by atoms with E-state index in [9.17, 15) is 0 Å². The summed E-state index contributed by atoms with van der Waals surface area (Å²) in [7, 11) is 3.85. The van der Waals surface area contributed by atoms with E-state index in [1.807, 2.05) is 30.9 Å². The van der Waals surface area contributed by atoms with Crippen LogP contribution in [0.5, 0.6) is 0 Å². The first-order chi connectivity index (χ1) is 8.13. The molecule has 1 aromatic carbocycles. The summed E-state index contributed by atoms with van der Waals surface area (Å²) >= 11 is 6.30. The van der Waals surface area contributed by atoms with Crippen molar-refractivity contribution in [1.29, 1.82) is 0 Å². The van der Waals surface area contributed by atoms with E-state index in [4.69, 9.17) is 11.6 Å². The fourth-order valence-electron chi connectivity index (χ4n) is 1.85. The Morgan fingerprint density at radius 3 is 2.65 bits per heavy atom. The van der Waals surface area contributed by atoms with Gasteiger partial charge in [0.2, 0.25) is 0 Å². The SMILES string of the molecule is CNC(C)c1ccc(-c2ccnn2C)cc1Cl. The van der Waals surface area contributed by atoms with Crippen LogP contribution in [0.25, 0.3) is 11.3 Å². The highest BCUT2D eigenvalue weighted by Crippen LogP contribution is 2.28. The first kappa shape index (κ1) is 12.1. The molecular formula is C13H16ClN3. The van der Waals surface area contributed by atoms with E-state index in [2.05, 4.69) is 29.5 Å². The molecule has 0 saturated heterocycles. The zero-order valence-corrected chi connectivity index (χ0v) is 11.0. The molecule has 4 heteroatoms. The number of aromatic nitrogens is 2. The smallest absolute Gasteiger partial charge is 0.0679 e. The number of nitrogens with one attached hydrogen (secondary N) is 1. The van der Waals surface area contributed by atoms with Gasteiger partial charge < -0.3 is 5.32 Å². The quantitative estimate of drug-likeness (QED) is 0.906. The van der Waals surface area contributed by atoms with Crippen molar-refractivity contribution in [2.75, 3.05) is 7.05 Å². The van der Waals surface area contributed by atoms with E-state index in [-0.39, 0.29) is 6.04 Å². The van der Waals surface area contributed by atoms with Crippen molar-refractivity contribution >= 4 is 11.6 Å². The van der Waals surface area contributed by atoms with Crippen LogP contribution in [0.2, 0.25) is 5.02 Å². The summed E-state index contributed by atoms with van der Waals surface area (Å²) < 4.78 is 1.84. The molecule has 0 aliphatic carbocycles. The fraction of sp³-hybridized carbons (Fsp3) is 0.308. The predicted molar refractivity (Wildman–Crippen MR) is 71.1 cm³/mol. The Bertz CT molecular complexity index is 519. The van der Waals surface area contributed by atoms with Crippen LogP contribution >= 0.6 is 11.6 Å². The molecule has 3 nitrogen and oxygen atoms in total. The molecule has 1 unspecified atom stereocenters. The lowest BCUT2D eigenvalue weighted by Gasteiger charge is -2.13. The summed E-state index contributed by atoms with van der Waals surface area (Å²) in [4.78, 5) is 0. The molecule has 90 valence electrons. The first-order valence-corrected chi connectivity index (χ1v) is 5.96. The highest BCUT2D eigenvalue weighted by atomic mass is 35.5. The third kappa shape index (κ3) is 2.35. The third-order valence-electron chi connectivity index (χ3n) is 3.02. The second-order valence-corrected chi connectivity index (χ2v) is 4.49. The van der Waals surface area contributed by atoms with E-state index in [0.717, 1.165) is 21.8 Å². The van der Waals surface area contributed by atoms with E-state index >= 15 is 0 Å². The molecule has 0 spiro atoms. The minimum atomic E-state index is 0.253. The number of rotatable bonds is 3. The molecule has 1 N–H and O–H groups in total. The first-order valence-electron chi connectivity index (χ1n) is 5.58. The van der Waals surface area contributed by atoms with Gasteiger partial charge in [-0.3, -0.25) is 4.68 Å². The number of halogens is 1. The molecule has 0 aliphatic rings. The summed E-state index contributed by atoms with van der Waals surface area (Å²) in [5, 5.41) is 8.13. The summed E-state index contributed by atoms with van der Waals surface area (Å²) in [6, 6.07) is 8.36. The van der Waals surface area contributed by atoms with E-state index in [0.29, 0.717) is 0 Å². The van der Waals surface area contributed by atoms with Gasteiger partial charge in [-0.2, -0.15) is 5.10 Å². The average Bonchev–Trinajstić information content (AvgIpc) is 2.74. The maximum atomic E-state index is 6.30. The molecule has 2 rings (SSSR count). The molecule has 0 radical (unpaired) electrons. The highest BCUT2D eigenvalue weighted by molar-refractivity contribution is 6.31. The van der Waals surface area contributed by atoms with Crippen molar-refractivity contribution in [2.24, 2.45) is 7.05 Å².